The summed E-state index contributed by atoms with van der Waals surface area (Å²) in [4.78, 5) is -0.295. The molecule has 10 heteroatoms. The second-order valence-electron chi connectivity index (χ2n) is 6.62. The molecule has 0 spiro atoms. The fraction of sp³-hybridized carbons (Fsp3) is 0.625. The molecule has 0 radical (unpaired) electrons. The predicted octanol–water partition coefficient (Wildman–Crippen LogP) is 1.17. The summed E-state index contributed by atoms with van der Waals surface area (Å²) in [6.07, 6.45) is 3.59. The molecular weight excluding hydrogens is 398 g/mol. The summed E-state index contributed by atoms with van der Waals surface area (Å²) >= 11 is 0. The quantitative estimate of drug-likeness (QED) is 0.716. The number of sulfonamides is 2. The number of rotatable bonds is 6. The second kappa shape index (κ2) is 8.99. The van der Waals surface area contributed by atoms with Gasteiger partial charge in [0, 0.05) is 19.6 Å². The van der Waals surface area contributed by atoms with Gasteiger partial charge in [-0.2, -0.15) is 4.31 Å². The van der Waals surface area contributed by atoms with E-state index in [1.165, 1.54) is 16.4 Å². The summed E-state index contributed by atoms with van der Waals surface area (Å²) in [5.41, 5.74) is 0. The number of nitrogens with one attached hydrogen (secondary N) is 2. The highest BCUT2D eigenvalue weighted by atomic mass is 35.5. The van der Waals surface area contributed by atoms with E-state index in [0.717, 1.165) is 38.8 Å². The minimum Gasteiger partial charge on any atom is -0.316 e. The van der Waals surface area contributed by atoms with E-state index in [2.05, 4.69) is 10.0 Å². The third-order valence-electron chi connectivity index (χ3n) is 4.78. The molecule has 2 heterocycles. The lowest BCUT2D eigenvalue weighted by Crippen LogP contribution is -2.38. The van der Waals surface area contributed by atoms with Crippen LogP contribution in [0.1, 0.15) is 25.7 Å². The Kier molecular flexibility index (Phi) is 7.46. The Labute approximate surface area is 162 Å². The molecule has 0 aromatic heterocycles. The van der Waals surface area contributed by atoms with Crippen LogP contribution in [0.5, 0.6) is 0 Å². The summed E-state index contributed by atoms with van der Waals surface area (Å²) in [5.74, 6) is 0.228. The van der Waals surface area contributed by atoms with Crippen molar-refractivity contribution in [1.29, 1.82) is 0 Å². The maximum atomic E-state index is 12.8. The van der Waals surface area contributed by atoms with E-state index in [0.29, 0.717) is 19.6 Å². The number of hydrogen-bond acceptors (Lipinski definition) is 5. The van der Waals surface area contributed by atoms with E-state index < -0.39 is 20.0 Å². The number of nitrogens with zero attached hydrogens (tertiary/aromatic N) is 1. The highest BCUT2D eigenvalue weighted by molar-refractivity contribution is 7.92. The molecule has 0 saturated carbocycles. The summed E-state index contributed by atoms with van der Waals surface area (Å²) in [6, 6.07) is 5.86. The first-order valence-corrected chi connectivity index (χ1v) is 11.6. The van der Waals surface area contributed by atoms with Gasteiger partial charge in [-0.3, -0.25) is 0 Å². The predicted molar refractivity (Wildman–Crippen MR) is 102 cm³/mol. The third-order valence-corrected chi connectivity index (χ3v) is 8.35. The Balaban J connectivity index is 0.00000243. The van der Waals surface area contributed by atoms with Crippen LogP contribution in [0.2, 0.25) is 0 Å². The van der Waals surface area contributed by atoms with Crippen molar-refractivity contribution < 1.29 is 16.8 Å². The molecule has 148 valence electrons. The fourth-order valence-electron chi connectivity index (χ4n) is 3.36. The molecular formula is C16H26ClN3O4S2. The highest BCUT2D eigenvalue weighted by Gasteiger charge is 2.32. The van der Waals surface area contributed by atoms with Crippen molar-refractivity contribution in [3.63, 3.8) is 0 Å². The lowest BCUT2D eigenvalue weighted by molar-refractivity contribution is 0.375. The second-order valence-corrected chi connectivity index (χ2v) is 10.3. The smallest absolute Gasteiger partial charge is 0.244 e. The summed E-state index contributed by atoms with van der Waals surface area (Å²) in [6.45, 7) is 2.93. The van der Waals surface area contributed by atoms with Crippen molar-refractivity contribution in [2.45, 2.75) is 35.5 Å². The van der Waals surface area contributed by atoms with Crippen molar-refractivity contribution >= 4 is 32.5 Å². The molecule has 1 unspecified atom stereocenters. The van der Waals surface area contributed by atoms with Gasteiger partial charge in [0.1, 0.15) is 9.79 Å². The fourth-order valence-corrected chi connectivity index (χ4v) is 6.79. The zero-order valence-corrected chi connectivity index (χ0v) is 17.0. The molecule has 2 fully saturated rings. The molecule has 2 aliphatic heterocycles. The molecule has 0 bridgehead atoms. The highest BCUT2D eigenvalue weighted by Crippen LogP contribution is 2.26. The SMILES string of the molecule is Cl.O=S(=O)(NCC1CCCNC1)c1ccccc1S(=O)(=O)N1CCCC1. The van der Waals surface area contributed by atoms with Crippen molar-refractivity contribution in [3.05, 3.63) is 24.3 Å². The largest absolute Gasteiger partial charge is 0.316 e. The van der Waals surface area contributed by atoms with Crippen LogP contribution in [0, 0.1) is 5.92 Å². The molecule has 0 amide bonds. The van der Waals surface area contributed by atoms with Crippen molar-refractivity contribution in [2.24, 2.45) is 5.92 Å². The Morgan fingerprint density at radius 2 is 1.69 bits per heavy atom. The Bertz CT molecular complexity index is 803. The van der Waals surface area contributed by atoms with Crippen LogP contribution in [0.3, 0.4) is 0 Å². The summed E-state index contributed by atoms with van der Waals surface area (Å²) in [5, 5.41) is 3.25. The van der Waals surface area contributed by atoms with Crippen molar-refractivity contribution in [3.8, 4) is 0 Å². The summed E-state index contributed by atoms with van der Waals surface area (Å²) < 4.78 is 55.1. The first-order chi connectivity index (χ1) is 11.9. The van der Waals surface area contributed by atoms with Gasteiger partial charge in [0.05, 0.1) is 0 Å². The molecule has 1 atom stereocenters. The molecule has 3 rings (SSSR count). The summed E-state index contributed by atoms with van der Waals surface area (Å²) in [7, 11) is -7.68. The van der Waals surface area contributed by atoms with E-state index in [9.17, 15) is 16.8 Å². The zero-order valence-electron chi connectivity index (χ0n) is 14.6. The Morgan fingerprint density at radius 3 is 2.31 bits per heavy atom. The van der Waals surface area contributed by atoms with Gasteiger partial charge in [0.2, 0.25) is 20.0 Å². The maximum absolute atomic E-state index is 12.8. The number of hydrogen-bond donors (Lipinski definition) is 2. The lowest BCUT2D eigenvalue weighted by atomic mass is 10.0. The van der Waals surface area contributed by atoms with Gasteiger partial charge < -0.3 is 5.32 Å². The molecule has 26 heavy (non-hydrogen) atoms. The van der Waals surface area contributed by atoms with E-state index in [-0.39, 0.29) is 28.1 Å². The molecule has 0 aliphatic carbocycles. The van der Waals surface area contributed by atoms with Crippen LogP contribution in [0.15, 0.2) is 34.1 Å². The van der Waals surface area contributed by atoms with Gasteiger partial charge in [0.15, 0.2) is 0 Å². The van der Waals surface area contributed by atoms with Crippen LogP contribution < -0.4 is 10.0 Å². The first-order valence-electron chi connectivity index (χ1n) is 8.71. The number of piperidine rings is 1. The van der Waals surface area contributed by atoms with Gasteiger partial charge in [-0.1, -0.05) is 12.1 Å². The van der Waals surface area contributed by atoms with Gasteiger partial charge >= 0.3 is 0 Å². The number of halogens is 1. The Morgan fingerprint density at radius 1 is 1.04 bits per heavy atom. The average molecular weight is 424 g/mol. The van der Waals surface area contributed by atoms with Crippen molar-refractivity contribution in [1.82, 2.24) is 14.3 Å². The van der Waals surface area contributed by atoms with Gasteiger partial charge in [-0.15, -0.1) is 12.4 Å². The average Bonchev–Trinajstić information content (AvgIpc) is 3.17. The lowest BCUT2D eigenvalue weighted by Gasteiger charge is -2.23. The van der Waals surface area contributed by atoms with Crippen LogP contribution in [0.25, 0.3) is 0 Å². The van der Waals surface area contributed by atoms with Crippen LogP contribution >= 0.6 is 12.4 Å². The van der Waals surface area contributed by atoms with Crippen LogP contribution in [-0.4, -0.2) is 53.9 Å². The first kappa shape index (κ1) is 21.6. The van der Waals surface area contributed by atoms with Gasteiger partial charge in [0.25, 0.3) is 0 Å². The topological polar surface area (TPSA) is 95.6 Å². The minimum atomic E-state index is -3.89. The van der Waals surface area contributed by atoms with Crippen LogP contribution in [0.4, 0.5) is 0 Å². The molecule has 1 aromatic rings. The normalized spacial score (nSPS) is 22.1. The molecule has 2 aliphatic rings. The van der Waals surface area contributed by atoms with Gasteiger partial charge in [-0.25, -0.2) is 21.6 Å². The molecule has 2 N–H and O–H groups in total. The van der Waals surface area contributed by atoms with Crippen LogP contribution in [-0.2, 0) is 20.0 Å². The minimum absolute atomic E-state index is 0. The Hall–Kier alpha value is -0.710. The molecule has 1 aromatic carbocycles. The van der Waals surface area contributed by atoms with E-state index in [4.69, 9.17) is 0 Å². The number of benzene rings is 1. The van der Waals surface area contributed by atoms with E-state index in [1.54, 1.807) is 12.1 Å². The van der Waals surface area contributed by atoms with E-state index in [1.807, 2.05) is 0 Å². The van der Waals surface area contributed by atoms with Crippen molar-refractivity contribution in [2.75, 3.05) is 32.7 Å². The molecule has 7 nitrogen and oxygen atoms in total. The van der Waals surface area contributed by atoms with E-state index >= 15 is 0 Å². The maximum Gasteiger partial charge on any atom is 0.244 e. The zero-order chi connectivity index (χ0) is 17.9. The van der Waals surface area contributed by atoms with Gasteiger partial charge in [-0.05, 0) is 56.8 Å². The third kappa shape index (κ3) is 4.76. The monoisotopic (exact) mass is 423 g/mol. The standard InChI is InChI=1S/C16H25N3O4S2.ClH/c20-24(21,18-13-14-6-5-9-17-12-14)15-7-1-2-8-16(15)25(22,23)19-10-3-4-11-19;/h1-2,7-8,14,17-18H,3-6,9-13H2;1H. The molecule has 2 saturated heterocycles.